The highest BCUT2D eigenvalue weighted by Crippen LogP contribution is 2.27. The number of amides is 1. The normalized spacial score (nSPS) is 11.5. The van der Waals surface area contributed by atoms with Crippen molar-refractivity contribution in [1.82, 2.24) is 4.98 Å². The smallest absolute Gasteiger partial charge is 0.257 e. The largest absolute Gasteiger partial charge is 0.495 e. The summed E-state index contributed by atoms with van der Waals surface area (Å²) in [5.74, 6) is 1.00. The van der Waals surface area contributed by atoms with E-state index in [-0.39, 0.29) is 11.9 Å². The van der Waals surface area contributed by atoms with Gasteiger partial charge in [0.2, 0.25) is 0 Å². The first-order valence-electron chi connectivity index (χ1n) is 8.49. The predicted molar refractivity (Wildman–Crippen MR) is 109 cm³/mol. The highest BCUT2D eigenvalue weighted by molar-refractivity contribution is 6.32. The number of ether oxygens (including phenoxy) is 1. The quantitative estimate of drug-likeness (QED) is 0.618. The third-order valence-electron chi connectivity index (χ3n) is 4.10. The van der Waals surface area contributed by atoms with Crippen molar-refractivity contribution in [2.45, 2.75) is 13.0 Å². The highest BCUT2D eigenvalue weighted by Gasteiger charge is 2.10. The molecule has 1 amide bonds. The zero-order valence-electron chi connectivity index (χ0n) is 15.1. The monoisotopic (exact) mass is 381 g/mol. The minimum Gasteiger partial charge on any atom is -0.495 e. The van der Waals surface area contributed by atoms with Gasteiger partial charge in [0.25, 0.3) is 5.91 Å². The minimum atomic E-state index is -0.258. The number of nitrogens with one attached hydrogen (secondary N) is 2. The number of carbonyl (C=O) groups is 1. The summed E-state index contributed by atoms with van der Waals surface area (Å²) in [5, 5.41) is 6.55. The summed E-state index contributed by atoms with van der Waals surface area (Å²) < 4.78 is 5.10. The number of halogens is 1. The van der Waals surface area contributed by atoms with Gasteiger partial charge in [0.15, 0.2) is 0 Å². The Morgan fingerprint density at radius 3 is 2.52 bits per heavy atom. The number of benzene rings is 2. The van der Waals surface area contributed by atoms with Crippen molar-refractivity contribution in [3.8, 4) is 5.75 Å². The zero-order valence-corrected chi connectivity index (χ0v) is 15.8. The second-order valence-electron chi connectivity index (χ2n) is 6.01. The maximum absolute atomic E-state index is 12.4. The van der Waals surface area contributed by atoms with E-state index in [1.807, 2.05) is 18.2 Å². The lowest BCUT2D eigenvalue weighted by molar-refractivity contribution is 0.102. The number of hydrogen-bond acceptors (Lipinski definition) is 4. The maximum atomic E-state index is 12.4. The molecule has 0 aliphatic heterocycles. The fourth-order valence-corrected chi connectivity index (χ4v) is 2.87. The second-order valence-corrected chi connectivity index (χ2v) is 6.42. The van der Waals surface area contributed by atoms with Gasteiger partial charge in [-0.2, -0.15) is 0 Å². The Kier molecular flexibility index (Phi) is 5.94. The lowest BCUT2D eigenvalue weighted by atomic mass is 10.1. The van der Waals surface area contributed by atoms with Gasteiger partial charge in [-0.25, -0.2) is 4.98 Å². The van der Waals surface area contributed by atoms with Crippen molar-refractivity contribution in [2.75, 3.05) is 17.7 Å². The molecule has 138 valence electrons. The van der Waals surface area contributed by atoms with E-state index in [1.54, 1.807) is 43.6 Å². The number of rotatable bonds is 6. The molecule has 0 aliphatic carbocycles. The van der Waals surface area contributed by atoms with Crippen molar-refractivity contribution in [1.29, 1.82) is 0 Å². The lowest BCUT2D eigenvalue weighted by Crippen LogP contribution is -2.13. The second kappa shape index (κ2) is 8.56. The molecule has 2 N–H and O–H groups in total. The number of nitrogens with zero attached hydrogens (tertiary/aromatic N) is 1. The minimum absolute atomic E-state index is 0.111. The summed E-state index contributed by atoms with van der Waals surface area (Å²) in [7, 11) is 1.54. The number of hydrogen-bond donors (Lipinski definition) is 2. The molecule has 0 fully saturated rings. The van der Waals surface area contributed by atoms with Crippen LogP contribution in [0.5, 0.6) is 5.75 Å². The molecular formula is C21H20ClN3O2. The molecule has 0 aliphatic rings. The van der Waals surface area contributed by atoms with E-state index in [1.165, 1.54) is 0 Å². The first-order valence-corrected chi connectivity index (χ1v) is 8.87. The van der Waals surface area contributed by atoms with Gasteiger partial charge in [-0.1, -0.05) is 41.9 Å². The van der Waals surface area contributed by atoms with Crippen molar-refractivity contribution < 1.29 is 9.53 Å². The van der Waals surface area contributed by atoms with Gasteiger partial charge in [-0.15, -0.1) is 0 Å². The van der Waals surface area contributed by atoms with Crippen LogP contribution < -0.4 is 15.4 Å². The van der Waals surface area contributed by atoms with Crippen LogP contribution in [0.1, 0.15) is 28.9 Å². The van der Waals surface area contributed by atoms with Gasteiger partial charge in [0.1, 0.15) is 11.6 Å². The van der Waals surface area contributed by atoms with Gasteiger partial charge < -0.3 is 15.4 Å². The molecule has 27 heavy (non-hydrogen) atoms. The first-order chi connectivity index (χ1) is 13.1. The Hall–Kier alpha value is -3.05. The third-order valence-corrected chi connectivity index (χ3v) is 4.39. The molecular weight excluding hydrogens is 362 g/mol. The molecule has 2 aromatic carbocycles. The van der Waals surface area contributed by atoms with Crippen LogP contribution in [0.15, 0.2) is 66.9 Å². The Bertz CT molecular complexity index is 914. The van der Waals surface area contributed by atoms with E-state index >= 15 is 0 Å². The number of aromatic nitrogens is 1. The van der Waals surface area contributed by atoms with Crippen molar-refractivity contribution in [2.24, 2.45) is 0 Å². The van der Waals surface area contributed by atoms with Gasteiger partial charge in [-0.3, -0.25) is 4.79 Å². The molecule has 0 saturated heterocycles. The standard InChI is InChI=1S/C21H20ClN3O2/c1-14(15-6-4-3-5-7-15)24-20-11-8-16(13-23-20)21(26)25-17-9-10-19(27-2)18(22)12-17/h3-14H,1-2H3,(H,23,24)(H,25,26). The van der Waals surface area contributed by atoms with Gasteiger partial charge in [0.05, 0.1) is 17.7 Å². The summed E-state index contributed by atoms with van der Waals surface area (Å²) in [5.41, 5.74) is 2.21. The number of pyridine rings is 1. The van der Waals surface area contributed by atoms with E-state index in [2.05, 4.69) is 34.7 Å². The SMILES string of the molecule is COc1ccc(NC(=O)c2ccc(NC(C)c3ccccc3)nc2)cc1Cl. The predicted octanol–water partition coefficient (Wildman–Crippen LogP) is 5.17. The van der Waals surface area contributed by atoms with Gasteiger partial charge in [0, 0.05) is 17.9 Å². The summed E-state index contributed by atoms with van der Waals surface area (Å²) in [4.78, 5) is 16.7. The maximum Gasteiger partial charge on any atom is 0.257 e. The van der Waals surface area contributed by atoms with E-state index < -0.39 is 0 Å². The molecule has 6 heteroatoms. The molecule has 1 aromatic heterocycles. The van der Waals surface area contributed by atoms with Crippen LogP contribution in [-0.4, -0.2) is 18.0 Å². The molecule has 0 radical (unpaired) electrons. The molecule has 1 unspecified atom stereocenters. The molecule has 1 atom stereocenters. The van der Waals surface area contributed by atoms with Crippen molar-refractivity contribution >= 4 is 29.0 Å². The number of anilines is 2. The molecule has 0 saturated carbocycles. The summed E-state index contributed by atoms with van der Waals surface area (Å²) >= 11 is 6.08. The average Bonchev–Trinajstić information content (AvgIpc) is 2.69. The molecule has 3 rings (SSSR count). The fourth-order valence-electron chi connectivity index (χ4n) is 2.61. The van der Waals surface area contributed by atoms with Gasteiger partial charge in [-0.05, 0) is 42.8 Å². The Morgan fingerprint density at radius 1 is 1.11 bits per heavy atom. The highest BCUT2D eigenvalue weighted by atomic mass is 35.5. The van der Waals surface area contributed by atoms with E-state index in [0.29, 0.717) is 27.8 Å². The van der Waals surface area contributed by atoms with Crippen molar-refractivity contribution in [3.05, 3.63) is 83.0 Å². The summed E-state index contributed by atoms with van der Waals surface area (Å²) in [6.45, 7) is 2.06. The molecule has 3 aromatic rings. The Morgan fingerprint density at radius 2 is 1.89 bits per heavy atom. The van der Waals surface area contributed by atoms with E-state index in [0.717, 1.165) is 5.56 Å². The fraction of sp³-hybridized carbons (Fsp3) is 0.143. The van der Waals surface area contributed by atoms with E-state index in [4.69, 9.17) is 16.3 Å². The van der Waals surface area contributed by atoms with Crippen LogP contribution in [0, 0.1) is 0 Å². The van der Waals surface area contributed by atoms with Crippen LogP contribution in [0.25, 0.3) is 0 Å². The molecule has 5 nitrogen and oxygen atoms in total. The first kappa shape index (κ1) is 18.7. The lowest BCUT2D eigenvalue weighted by Gasteiger charge is -2.15. The molecule has 1 heterocycles. The van der Waals surface area contributed by atoms with Gasteiger partial charge >= 0.3 is 0 Å². The van der Waals surface area contributed by atoms with Crippen LogP contribution in [0.4, 0.5) is 11.5 Å². The third kappa shape index (κ3) is 4.77. The van der Waals surface area contributed by atoms with E-state index in [9.17, 15) is 4.79 Å². The van der Waals surface area contributed by atoms with Crippen LogP contribution in [0.3, 0.4) is 0 Å². The summed E-state index contributed by atoms with van der Waals surface area (Å²) in [6, 6.07) is 18.8. The number of methoxy groups -OCH3 is 1. The molecule has 0 spiro atoms. The van der Waals surface area contributed by atoms with Crippen molar-refractivity contribution in [3.63, 3.8) is 0 Å². The Balaban J connectivity index is 1.64. The average molecular weight is 382 g/mol. The molecule has 0 bridgehead atoms. The van der Waals surface area contributed by atoms with Crippen LogP contribution in [-0.2, 0) is 0 Å². The zero-order chi connectivity index (χ0) is 19.2. The topological polar surface area (TPSA) is 63.2 Å². The van der Waals surface area contributed by atoms with Crippen LogP contribution in [0.2, 0.25) is 5.02 Å². The Labute approximate surface area is 163 Å². The summed E-state index contributed by atoms with van der Waals surface area (Å²) in [6.07, 6.45) is 1.54. The van der Waals surface area contributed by atoms with Crippen LogP contribution >= 0.6 is 11.6 Å². The number of carbonyl (C=O) groups excluding carboxylic acids is 1.